The van der Waals surface area contributed by atoms with Gasteiger partial charge >= 0.3 is 0 Å². The van der Waals surface area contributed by atoms with Crippen molar-refractivity contribution in [3.8, 4) is 0 Å². The minimum atomic E-state index is -0.279. The number of benzene rings is 1. The summed E-state index contributed by atoms with van der Waals surface area (Å²) >= 11 is 0. The molecule has 172 valence electrons. The lowest BCUT2D eigenvalue weighted by molar-refractivity contribution is 0.0923. The molecule has 0 aliphatic carbocycles. The first-order valence-corrected chi connectivity index (χ1v) is 11.5. The average molecular weight is 442 g/mol. The van der Waals surface area contributed by atoms with Gasteiger partial charge in [-0.3, -0.25) is 4.79 Å². The number of rotatable bonds is 8. The molecule has 0 spiro atoms. The number of hydrogen-bond donors (Lipinski definition) is 2. The third kappa shape index (κ3) is 5.42. The highest BCUT2D eigenvalue weighted by molar-refractivity contribution is 5.93. The third-order valence-electron chi connectivity index (χ3n) is 6.28. The van der Waals surface area contributed by atoms with Crippen molar-refractivity contribution in [3.63, 3.8) is 0 Å². The number of carbonyl (C=O) groups excluding carboxylic acids is 1. The van der Waals surface area contributed by atoms with Crippen LogP contribution in [0.4, 0.5) is 10.2 Å². The van der Waals surface area contributed by atoms with Gasteiger partial charge < -0.3 is 20.3 Å². The maximum absolute atomic E-state index is 13.5. The molecule has 0 radical (unpaired) electrons. The number of halogens is 1. The topological polar surface area (TPSA) is 79.4 Å². The average Bonchev–Trinajstić information content (AvgIpc) is 3.48. The number of aromatic nitrogens is 2. The second-order valence-corrected chi connectivity index (χ2v) is 8.67. The largest absolute Gasteiger partial charge is 0.379 e. The Balaban J connectivity index is 1.58. The third-order valence-corrected chi connectivity index (χ3v) is 6.28. The van der Waals surface area contributed by atoms with Crippen LogP contribution in [0.3, 0.4) is 0 Å². The molecule has 2 unspecified atom stereocenters. The van der Waals surface area contributed by atoms with Crippen LogP contribution >= 0.6 is 0 Å². The summed E-state index contributed by atoms with van der Waals surface area (Å²) in [6.07, 6.45) is 3.30. The van der Waals surface area contributed by atoms with E-state index < -0.39 is 0 Å². The maximum Gasteiger partial charge on any atom is 0.272 e. The molecule has 32 heavy (non-hydrogen) atoms. The predicted molar refractivity (Wildman–Crippen MR) is 122 cm³/mol. The van der Waals surface area contributed by atoms with Crippen LogP contribution in [0.2, 0.25) is 0 Å². The number of hydrogen-bond acceptors (Lipinski definition) is 6. The van der Waals surface area contributed by atoms with Crippen molar-refractivity contribution < 1.29 is 13.9 Å². The number of amides is 1. The number of likely N-dealkylation sites (tertiary alicyclic amines) is 1. The molecule has 0 saturated carbocycles. The summed E-state index contributed by atoms with van der Waals surface area (Å²) in [5.74, 6) is 0.0130. The molecule has 3 heterocycles. The second-order valence-electron chi connectivity index (χ2n) is 8.67. The summed E-state index contributed by atoms with van der Waals surface area (Å²) in [6, 6.07) is 6.40. The summed E-state index contributed by atoms with van der Waals surface area (Å²) in [7, 11) is 0. The molecule has 2 fully saturated rings. The van der Waals surface area contributed by atoms with E-state index >= 15 is 0 Å². The first kappa shape index (κ1) is 22.6. The van der Waals surface area contributed by atoms with E-state index in [4.69, 9.17) is 14.7 Å². The number of anilines is 1. The zero-order valence-corrected chi connectivity index (χ0v) is 18.9. The van der Waals surface area contributed by atoms with E-state index in [0.717, 1.165) is 38.2 Å². The molecule has 1 amide bonds. The fourth-order valence-corrected chi connectivity index (χ4v) is 4.33. The molecular weight excluding hydrogens is 409 g/mol. The van der Waals surface area contributed by atoms with E-state index in [1.807, 2.05) is 13.8 Å². The van der Waals surface area contributed by atoms with Crippen molar-refractivity contribution in [2.24, 2.45) is 0 Å². The van der Waals surface area contributed by atoms with Crippen LogP contribution in [0.25, 0.3) is 0 Å². The van der Waals surface area contributed by atoms with E-state index in [9.17, 15) is 9.18 Å². The van der Waals surface area contributed by atoms with E-state index in [1.165, 1.54) is 25.0 Å². The van der Waals surface area contributed by atoms with Crippen LogP contribution in [0.15, 0.2) is 24.3 Å². The Labute approximate surface area is 188 Å². The normalized spacial score (nSPS) is 19.8. The molecule has 2 aliphatic rings. The Morgan fingerprint density at radius 1 is 1.25 bits per heavy atom. The molecule has 1 aromatic heterocycles. The lowest BCUT2D eigenvalue weighted by Crippen LogP contribution is -2.36. The minimum Gasteiger partial charge on any atom is -0.379 e. The van der Waals surface area contributed by atoms with E-state index in [1.54, 1.807) is 12.1 Å². The Kier molecular flexibility index (Phi) is 7.32. The Bertz CT molecular complexity index is 925. The standard InChI is InChI=1S/C24H32FN5O2/c1-16(18-5-7-19(25)8-6-18)21-23(26-10-13-30-11-3-4-12-30)27-17(2)22(29-21)24(31)28-20-9-14-32-15-20/h5-8,16,20H,3-4,9-15H2,1-2H3,(H,26,27)(H,28,31). The van der Waals surface area contributed by atoms with Crippen molar-refractivity contribution in [1.29, 1.82) is 0 Å². The molecule has 1 aromatic carbocycles. The molecule has 7 nitrogen and oxygen atoms in total. The molecule has 0 bridgehead atoms. The molecule has 2 atom stereocenters. The van der Waals surface area contributed by atoms with Gasteiger partial charge in [-0.15, -0.1) is 0 Å². The Morgan fingerprint density at radius 2 is 2.00 bits per heavy atom. The van der Waals surface area contributed by atoms with Crippen molar-refractivity contribution in [1.82, 2.24) is 20.2 Å². The van der Waals surface area contributed by atoms with Gasteiger partial charge in [0.25, 0.3) is 5.91 Å². The fourth-order valence-electron chi connectivity index (χ4n) is 4.33. The lowest BCUT2D eigenvalue weighted by atomic mass is 9.97. The summed E-state index contributed by atoms with van der Waals surface area (Å²) in [6.45, 7) is 8.95. The Hall–Kier alpha value is -2.58. The van der Waals surface area contributed by atoms with Gasteiger partial charge in [0, 0.05) is 25.6 Å². The van der Waals surface area contributed by atoms with E-state index in [2.05, 4.69) is 15.5 Å². The van der Waals surface area contributed by atoms with Crippen LogP contribution in [0.5, 0.6) is 0 Å². The molecule has 2 aliphatic heterocycles. The highest BCUT2D eigenvalue weighted by Crippen LogP contribution is 2.29. The lowest BCUT2D eigenvalue weighted by Gasteiger charge is -2.21. The predicted octanol–water partition coefficient (Wildman–Crippen LogP) is 3.10. The highest BCUT2D eigenvalue weighted by atomic mass is 19.1. The number of nitrogens with one attached hydrogen (secondary N) is 2. The second kappa shape index (κ2) is 10.4. The van der Waals surface area contributed by atoms with Gasteiger partial charge in [0.15, 0.2) is 0 Å². The quantitative estimate of drug-likeness (QED) is 0.655. The van der Waals surface area contributed by atoms with Crippen molar-refractivity contribution >= 4 is 11.7 Å². The zero-order chi connectivity index (χ0) is 22.5. The summed E-state index contributed by atoms with van der Waals surface area (Å²) in [4.78, 5) is 24.9. The SMILES string of the molecule is Cc1nc(NCCN2CCCC2)c(C(C)c2ccc(F)cc2)nc1C(=O)NC1CCOC1. The van der Waals surface area contributed by atoms with Crippen LogP contribution in [-0.2, 0) is 4.74 Å². The number of aryl methyl sites for hydroxylation is 1. The van der Waals surface area contributed by atoms with Gasteiger partial charge in [-0.05, 0) is 57.0 Å². The number of nitrogens with zero attached hydrogens (tertiary/aromatic N) is 3. The zero-order valence-electron chi connectivity index (χ0n) is 18.9. The Morgan fingerprint density at radius 3 is 2.69 bits per heavy atom. The van der Waals surface area contributed by atoms with Gasteiger partial charge in [0.2, 0.25) is 0 Å². The highest BCUT2D eigenvalue weighted by Gasteiger charge is 2.25. The molecule has 2 N–H and O–H groups in total. The molecule has 2 saturated heterocycles. The maximum atomic E-state index is 13.5. The van der Waals surface area contributed by atoms with Gasteiger partial charge in [-0.25, -0.2) is 14.4 Å². The molecule has 2 aromatic rings. The first-order valence-electron chi connectivity index (χ1n) is 11.5. The minimum absolute atomic E-state index is 0.0000604. The molecular formula is C24H32FN5O2. The van der Waals surface area contributed by atoms with E-state index in [0.29, 0.717) is 36.1 Å². The van der Waals surface area contributed by atoms with Crippen molar-refractivity contribution in [3.05, 3.63) is 52.7 Å². The van der Waals surface area contributed by atoms with Crippen LogP contribution in [-0.4, -0.2) is 66.2 Å². The van der Waals surface area contributed by atoms with Crippen molar-refractivity contribution in [2.75, 3.05) is 44.7 Å². The summed E-state index contributed by atoms with van der Waals surface area (Å²) < 4.78 is 18.8. The fraction of sp³-hybridized carbons (Fsp3) is 0.542. The van der Waals surface area contributed by atoms with Gasteiger partial charge in [-0.2, -0.15) is 0 Å². The number of carbonyl (C=O) groups is 1. The summed E-state index contributed by atoms with van der Waals surface area (Å²) in [5.41, 5.74) is 2.52. The molecule has 4 rings (SSSR count). The van der Waals surface area contributed by atoms with Crippen LogP contribution < -0.4 is 10.6 Å². The molecule has 8 heteroatoms. The monoisotopic (exact) mass is 441 g/mol. The van der Waals surface area contributed by atoms with E-state index in [-0.39, 0.29) is 23.7 Å². The smallest absolute Gasteiger partial charge is 0.272 e. The van der Waals surface area contributed by atoms with Gasteiger partial charge in [0.05, 0.1) is 24.0 Å². The van der Waals surface area contributed by atoms with Crippen molar-refractivity contribution in [2.45, 2.75) is 45.1 Å². The number of ether oxygens (including phenoxy) is 1. The van der Waals surface area contributed by atoms with Gasteiger partial charge in [-0.1, -0.05) is 19.1 Å². The first-order chi connectivity index (χ1) is 15.5. The summed E-state index contributed by atoms with van der Waals surface area (Å²) in [5, 5.41) is 6.45. The van der Waals surface area contributed by atoms with Gasteiger partial charge in [0.1, 0.15) is 17.3 Å². The van der Waals surface area contributed by atoms with Crippen LogP contribution in [0.1, 0.15) is 59.5 Å². The van der Waals surface area contributed by atoms with Crippen LogP contribution in [0, 0.1) is 12.7 Å².